The summed E-state index contributed by atoms with van der Waals surface area (Å²) < 4.78 is 5.46. The Morgan fingerprint density at radius 2 is 1.81 bits per heavy atom. The predicted molar refractivity (Wildman–Crippen MR) is 128 cm³/mol. The number of nitrogens with two attached hydrogens (primary N) is 1. The lowest BCUT2D eigenvalue weighted by Crippen LogP contribution is -2.62. The van der Waals surface area contributed by atoms with Crippen molar-refractivity contribution in [3.05, 3.63) is 29.8 Å². The van der Waals surface area contributed by atoms with E-state index in [0.29, 0.717) is 34.6 Å². The Morgan fingerprint density at radius 1 is 1.16 bits per heavy atom. The number of aromatic nitrogens is 3. The maximum atomic E-state index is 5.69. The van der Waals surface area contributed by atoms with E-state index in [2.05, 4.69) is 70.7 Å². The van der Waals surface area contributed by atoms with Gasteiger partial charge < -0.3 is 20.4 Å². The van der Waals surface area contributed by atoms with E-state index in [1.54, 1.807) is 14.2 Å². The SMILES string of the molecule is CN/N=C(\C=[NH2+])c1ccc(-c2ccc(N(C)C3CC(C)(C)NC(C)(C)C3)nn2)nc1OC. The number of piperidine rings is 1. The second-order valence-corrected chi connectivity index (χ2v) is 9.48. The molecule has 1 aliphatic rings. The molecule has 0 bridgehead atoms. The van der Waals surface area contributed by atoms with Gasteiger partial charge in [0.2, 0.25) is 5.88 Å². The Bertz CT molecular complexity index is 968. The quantitative estimate of drug-likeness (QED) is 0.436. The molecule has 0 saturated carbocycles. The highest BCUT2D eigenvalue weighted by Crippen LogP contribution is 2.32. The Hall–Kier alpha value is -3.07. The van der Waals surface area contributed by atoms with Gasteiger partial charge in [0, 0.05) is 31.2 Å². The van der Waals surface area contributed by atoms with Crippen LogP contribution in [-0.4, -0.2) is 65.4 Å². The smallest absolute Gasteiger partial charge is 0.223 e. The number of pyridine rings is 1. The van der Waals surface area contributed by atoms with Gasteiger partial charge in [0.05, 0.1) is 18.4 Å². The van der Waals surface area contributed by atoms with Gasteiger partial charge in [-0.05, 0) is 64.8 Å². The monoisotopic (exact) mass is 439 g/mol. The van der Waals surface area contributed by atoms with Gasteiger partial charge in [0.15, 0.2) is 17.7 Å². The standard InChI is InChI=1S/C23H34N8O/c1-22(2)12-15(13-23(3,4)30-22)31(6)20-11-10-18(28-29-20)17-9-8-16(21(26-17)32-7)19(14-24)27-25-5/h8-11,14-15,24-25,30H,12-13H2,1-7H3/p+1/b24-14?,27-19+. The summed E-state index contributed by atoms with van der Waals surface area (Å²) in [5.41, 5.74) is 5.42. The highest BCUT2D eigenvalue weighted by atomic mass is 16.5. The van der Waals surface area contributed by atoms with Crippen molar-refractivity contribution in [2.75, 3.05) is 26.1 Å². The molecule has 2 aromatic rings. The van der Waals surface area contributed by atoms with Gasteiger partial charge in [-0.1, -0.05) is 0 Å². The van der Waals surface area contributed by atoms with Crippen LogP contribution >= 0.6 is 0 Å². The summed E-state index contributed by atoms with van der Waals surface area (Å²) in [7, 11) is 5.36. The van der Waals surface area contributed by atoms with Crippen LogP contribution in [-0.2, 0) is 0 Å². The van der Waals surface area contributed by atoms with Gasteiger partial charge in [-0.25, -0.2) is 4.98 Å². The molecule has 1 fully saturated rings. The zero-order valence-electron chi connectivity index (χ0n) is 20.1. The van der Waals surface area contributed by atoms with Crippen molar-refractivity contribution in [3.63, 3.8) is 0 Å². The summed E-state index contributed by atoms with van der Waals surface area (Å²) in [6.45, 7) is 9.01. The van der Waals surface area contributed by atoms with E-state index in [1.807, 2.05) is 24.3 Å². The first kappa shape index (κ1) is 23.6. The number of hydrogen-bond acceptors (Lipinski definition) is 8. The number of methoxy groups -OCH3 is 1. The molecule has 0 amide bonds. The second-order valence-electron chi connectivity index (χ2n) is 9.48. The maximum absolute atomic E-state index is 5.69. The normalized spacial score (nSPS) is 18.2. The van der Waals surface area contributed by atoms with Crippen LogP contribution in [0, 0.1) is 0 Å². The van der Waals surface area contributed by atoms with Crippen molar-refractivity contribution in [1.29, 1.82) is 0 Å². The number of ether oxygens (including phenoxy) is 1. The summed E-state index contributed by atoms with van der Waals surface area (Å²) in [6, 6.07) is 8.03. The van der Waals surface area contributed by atoms with Gasteiger partial charge in [-0.3, -0.25) is 5.41 Å². The van der Waals surface area contributed by atoms with Gasteiger partial charge in [-0.15, -0.1) is 10.2 Å². The molecule has 3 heterocycles. The first-order valence-corrected chi connectivity index (χ1v) is 10.8. The lowest BCUT2D eigenvalue weighted by atomic mass is 9.79. The van der Waals surface area contributed by atoms with Crippen LogP contribution < -0.4 is 25.8 Å². The van der Waals surface area contributed by atoms with Gasteiger partial charge in [0.1, 0.15) is 5.69 Å². The summed E-state index contributed by atoms with van der Waals surface area (Å²) >= 11 is 0. The van der Waals surface area contributed by atoms with Crippen LogP contribution in [0.3, 0.4) is 0 Å². The minimum atomic E-state index is 0.0622. The second kappa shape index (κ2) is 9.20. The molecule has 1 aliphatic heterocycles. The zero-order chi connectivity index (χ0) is 23.5. The Kier molecular flexibility index (Phi) is 6.78. The first-order chi connectivity index (χ1) is 15.1. The van der Waals surface area contributed by atoms with E-state index >= 15 is 0 Å². The summed E-state index contributed by atoms with van der Waals surface area (Å²) in [5.74, 6) is 1.26. The molecule has 2 aromatic heterocycles. The molecule has 4 N–H and O–H groups in total. The third-order valence-electron chi connectivity index (χ3n) is 5.71. The van der Waals surface area contributed by atoms with Crippen LogP contribution in [0.25, 0.3) is 11.4 Å². The molecule has 1 saturated heterocycles. The van der Waals surface area contributed by atoms with E-state index in [0.717, 1.165) is 18.7 Å². The number of nitrogens with zero attached hydrogens (tertiary/aromatic N) is 5. The largest absolute Gasteiger partial charge is 0.480 e. The van der Waals surface area contributed by atoms with Crippen LogP contribution in [0.2, 0.25) is 0 Å². The minimum Gasteiger partial charge on any atom is -0.480 e. The van der Waals surface area contributed by atoms with Crippen LogP contribution in [0.4, 0.5) is 5.82 Å². The van der Waals surface area contributed by atoms with Gasteiger partial charge >= 0.3 is 0 Å². The predicted octanol–water partition coefficient (Wildman–Crippen LogP) is 1.05. The fourth-order valence-electron chi connectivity index (χ4n) is 4.62. The number of rotatable bonds is 7. The summed E-state index contributed by atoms with van der Waals surface area (Å²) in [4.78, 5) is 6.82. The van der Waals surface area contributed by atoms with Crippen molar-refractivity contribution >= 4 is 17.7 Å². The third kappa shape index (κ3) is 5.21. The Labute approximate surface area is 190 Å². The van der Waals surface area contributed by atoms with Crippen molar-refractivity contribution in [3.8, 4) is 17.3 Å². The highest BCUT2D eigenvalue weighted by Gasteiger charge is 2.39. The molecule has 0 unspecified atom stereocenters. The topological polar surface area (TPSA) is 113 Å². The van der Waals surface area contributed by atoms with E-state index in [-0.39, 0.29) is 11.1 Å². The lowest BCUT2D eigenvalue weighted by Gasteiger charge is -2.49. The Balaban J connectivity index is 1.84. The van der Waals surface area contributed by atoms with E-state index in [1.165, 1.54) is 6.21 Å². The molecule has 0 aliphatic carbocycles. The average Bonchev–Trinajstić information content (AvgIpc) is 2.74. The van der Waals surface area contributed by atoms with Crippen LogP contribution in [0.5, 0.6) is 5.88 Å². The molecular weight excluding hydrogens is 404 g/mol. The van der Waals surface area contributed by atoms with Crippen LogP contribution in [0.15, 0.2) is 29.4 Å². The average molecular weight is 440 g/mol. The fourth-order valence-corrected chi connectivity index (χ4v) is 4.62. The Morgan fingerprint density at radius 3 is 2.34 bits per heavy atom. The molecule has 3 rings (SSSR count). The summed E-state index contributed by atoms with van der Waals surface area (Å²) in [6.07, 6.45) is 3.47. The molecule has 172 valence electrons. The first-order valence-electron chi connectivity index (χ1n) is 10.8. The van der Waals surface area contributed by atoms with E-state index < -0.39 is 0 Å². The van der Waals surface area contributed by atoms with Crippen molar-refractivity contribution in [1.82, 2.24) is 25.9 Å². The van der Waals surface area contributed by atoms with Gasteiger partial charge in [0.25, 0.3) is 0 Å². The fraction of sp³-hybridized carbons (Fsp3) is 0.522. The van der Waals surface area contributed by atoms with E-state index in [4.69, 9.17) is 10.1 Å². The molecule has 0 atom stereocenters. The number of hydrogen-bond donors (Lipinski definition) is 3. The lowest BCUT2D eigenvalue weighted by molar-refractivity contribution is -0.102. The third-order valence-corrected chi connectivity index (χ3v) is 5.71. The molecule has 0 radical (unpaired) electrons. The van der Waals surface area contributed by atoms with Crippen molar-refractivity contribution in [2.45, 2.75) is 57.7 Å². The molecule has 9 heteroatoms. The highest BCUT2D eigenvalue weighted by molar-refractivity contribution is 6.36. The zero-order valence-corrected chi connectivity index (χ0v) is 20.1. The summed E-state index contributed by atoms with van der Waals surface area (Å²) in [5, 5.41) is 22.5. The van der Waals surface area contributed by atoms with Gasteiger partial charge in [-0.2, -0.15) is 5.10 Å². The molecular formula is C23H35N8O+. The molecule has 32 heavy (non-hydrogen) atoms. The number of anilines is 1. The number of nitrogens with one attached hydrogen (secondary N) is 2. The van der Waals surface area contributed by atoms with E-state index in [9.17, 15) is 0 Å². The van der Waals surface area contributed by atoms with Crippen molar-refractivity contribution in [2.24, 2.45) is 5.10 Å². The number of hydrazone groups is 1. The molecule has 0 spiro atoms. The van der Waals surface area contributed by atoms with Crippen LogP contribution in [0.1, 0.15) is 46.1 Å². The molecule has 0 aromatic carbocycles. The minimum absolute atomic E-state index is 0.0622. The van der Waals surface area contributed by atoms with Crippen molar-refractivity contribution < 1.29 is 10.1 Å². The maximum Gasteiger partial charge on any atom is 0.223 e. The molecule has 9 nitrogen and oxygen atoms in total.